The number of ketones is 1. The number of Topliss-reactive ketones (excluding diaryl/α,β-unsaturated/α-hetero) is 1. The van der Waals surface area contributed by atoms with Crippen LogP contribution in [0.1, 0.15) is 46.0 Å². The zero-order valence-corrected chi connectivity index (χ0v) is 10.6. The molecule has 0 aromatic rings. The van der Waals surface area contributed by atoms with Gasteiger partial charge in [0.1, 0.15) is 5.78 Å². The average Bonchev–Trinajstić information content (AvgIpc) is 2.85. The van der Waals surface area contributed by atoms with E-state index in [1.54, 1.807) is 0 Å². The third-order valence-corrected chi connectivity index (χ3v) is 5.95. The van der Waals surface area contributed by atoms with Gasteiger partial charge in [-0.1, -0.05) is 13.8 Å². The zero-order chi connectivity index (χ0) is 11.4. The average molecular weight is 221 g/mol. The zero-order valence-electron chi connectivity index (χ0n) is 10.6. The van der Waals surface area contributed by atoms with Crippen LogP contribution in [0, 0.1) is 16.7 Å². The molecule has 3 unspecified atom stereocenters. The summed E-state index contributed by atoms with van der Waals surface area (Å²) in [5.74, 6) is 1.22. The highest BCUT2D eigenvalue weighted by molar-refractivity contribution is 5.89. The minimum Gasteiger partial charge on any atom is -0.303 e. The van der Waals surface area contributed by atoms with Crippen molar-refractivity contribution in [1.82, 2.24) is 4.90 Å². The summed E-state index contributed by atoms with van der Waals surface area (Å²) in [6.07, 6.45) is 5.99. The lowest BCUT2D eigenvalue weighted by molar-refractivity contribution is -0.128. The van der Waals surface area contributed by atoms with Crippen molar-refractivity contribution in [3.63, 3.8) is 0 Å². The van der Waals surface area contributed by atoms with Crippen LogP contribution in [-0.4, -0.2) is 30.3 Å². The van der Waals surface area contributed by atoms with E-state index >= 15 is 0 Å². The molecule has 2 saturated carbocycles. The number of carbonyl (C=O) groups excluding carboxylic acids is 1. The fourth-order valence-electron chi connectivity index (χ4n) is 4.46. The summed E-state index contributed by atoms with van der Waals surface area (Å²) in [5, 5.41) is 0. The maximum absolute atomic E-state index is 12.1. The Hall–Kier alpha value is -0.370. The molecular weight excluding hydrogens is 198 g/mol. The van der Waals surface area contributed by atoms with E-state index in [1.807, 2.05) is 0 Å². The lowest BCUT2D eigenvalue weighted by Crippen LogP contribution is -2.43. The van der Waals surface area contributed by atoms with Gasteiger partial charge in [0.2, 0.25) is 0 Å². The Bertz CT molecular complexity index is 321. The molecule has 1 aliphatic heterocycles. The number of nitrogens with zero attached hydrogens (tertiary/aromatic N) is 1. The van der Waals surface area contributed by atoms with Crippen LogP contribution in [0.4, 0.5) is 0 Å². The van der Waals surface area contributed by atoms with Gasteiger partial charge in [-0.15, -0.1) is 0 Å². The molecule has 3 aliphatic rings. The summed E-state index contributed by atoms with van der Waals surface area (Å²) in [4.78, 5) is 14.7. The summed E-state index contributed by atoms with van der Waals surface area (Å²) < 4.78 is 0. The molecule has 2 bridgehead atoms. The second-order valence-corrected chi connectivity index (χ2v) is 6.60. The second-order valence-electron chi connectivity index (χ2n) is 6.60. The quantitative estimate of drug-likeness (QED) is 0.714. The van der Waals surface area contributed by atoms with E-state index in [2.05, 4.69) is 18.7 Å². The third-order valence-electron chi connectivity index (χ3n) is 5.95. The van der Waals surface area contributed by atoms with Crippen LogP contribution in [-0.2, 0) is 4.79 Å². The standard InChI is InChI=1S/C14H23NO/c1-13-6-5-11(9-12(13)16)14(13,2)10-15-7-3-4-8-15/h11H,3-10H2,1-2H3. The van der Waals surface area contributed by atoms with Crippen LogP contribution >= 0.6 is 0 Å². The van der Waals surface area contributed by atoms with E-state index in [0.717, 1.165) is 12.8 Å². The maximum Gasteiger partial charge on any atom is 0.139 e. The van der Waals surface area contributed by atoms with Crippen molar-refractivity contribution < 1.29 is 4.79 Å². The predicted octanol–water partition coefficient (Wildman–Crippen LogP) is 2.48. The maximum atomic E-state index is 12.1. The summed E-state index contributed by atoms with van der Waals surface area (Å²) in [6.45, 7) is 8.30. The summed E-state index contributed by atoms with van der Waals surface area (Å²) in [6, 6.07) is 0. The SMILES string of the molecule is CC12CCC(CC1=O)C2(C)CN1CCCC1. The summed E-state index contributed by atoms with van der Waals surface area (Å²) in [5.41, 5.74) is 0.273. The molecule has 0 aromatic carbocycles. The normalized spacial score (nSPS) is 48.1. The first-order chi connectivity index (χ1) is 7.56. The van der Waals surface area contributed by atoms with Crippen LogP contribution in [0.2, 0.25) is 0 Å². The molecule has 16 heavy (non-hydrogen) atoms. The van der Waals surface area contributed by atoms with E-state index in [0.29, 0.717) is 11.7 Å². The van der Waals surface area contributed by atoms with Crippen molar-refractivity contribution in [2.24, 2.45) is 16.7 Å². The number of rotatable bonds is 2. The van der Waals surface area contributed by atoms with E-state index in [4.69, 9.17) is 0 Å². The lowest BCUT2D eigenvalue weighted by Gasteiger charge is -2.39. The minimum absolute atomic E-state index is 0.000255. The smallest absolute Gasteiger partial charge is 0.139 e. The van der Waals surface area contributed by atoms with Crippen molar-refractivity contribution in [3.8, 4) is 0 Å². The van der Waals surface area contributed by atoms with Gasteiger partial charge < -0.3 is 4.90 Å². The molecule has 3 atom stereocenters. The topological polar surface area (TPSA) is 20.3 Å². The molecule has 1 saturated heterocycles. The number of hydrogen-bond acceptors (Lipinski definition) is 2. The number of carbonyl (C=O) groups is 1. The summed E-state index contributed by atoms with van der Waals surface area (Å²) in [7, 11) is 0. The Balaban J connectivity index is 1.84. The molecule has 0 spiro atoms. The monoisotopic (exact) mass is 221 g/mol. The van der Waals surface area contributed by atoms with Gasteiger partial charge in [0, 0.05) is 18.4 Å². The fourth-order valence-corrected chi connectivity index (χ4v) is 4.46. The van der Waals surface area contributed by atoms with E-state index in [1.165, 1.54) is 38.9 Å². The predicted molar refractivity (Wildman–Crippen MR) is 64.2 cm³/mol. The molecule has 2 nitrogen and oxygen atoms in total. The fraction of sp³-hybridized carbons (Fsp3) is 0.929. The molecule has 0 radical (unpaired) electrons. The van der Waals surface area contributed by atoms with Gasteiger partial charge in [0.15, 0.2) is 0 Å². The Morgan fingerprint density at radius 1 is 1.31 bits per heavy atom. The molecular formula is C14H23NO. The molecule has 0 N–H and O–H groups in total. The van der Waals surface area contributed by atoms with Gasteiger partial charge >= 0.3 is 0 Å². The first-order valence-electron chi connectivity index (χ1n) is 6.82. The highest BCUT2D eigenvalue weighted by atomic mass is 16.1. The van der Waals surface area contributed by atoms with E-state index in [9.17, 15) is 4.79 Å². The Labute approximate surface area is 98.4 Å². The third kappa shape index (κ3) is 1.20. The number of hydrogen-bond donors (Lipinski definition) is 0. The van der Waals surface area contributed by atoms with E-state index in [-0.39, 0.29) is 10.8 Å². The molecule has 1 heterocycles. The van der Waals surface area contributed by atoms with Crippen molar-refractivity contribution in [2.75, 3.05) is 19.6 Å². The highest BCUT2D eigenvalue weighted by Crippen LogP contribution is 2.64. The van der Waals surface area contributed by atoms with Gasteiger partial charge in [-0.05, 0) is 50.1 Å². The van der Waals surface area contributed by atoms with Crippen LogP contribution in [0.15, 0.2) is 0 Å². The largest absolute Gasteiger partial charge is 0.303 e. The first kappa shape index (κ1) is 10.8. The van der Waals surface area contributed by atoms with Gasteiger partial charge in [-0.25, -0.2) is 0 Å². The van der Waals surface area contributed by atoms with Gasteiger partial charge in [-0.2, -0.15) is 0 Å². The van der Waals surface area contributed by atoms with Crippen molar-refractivity contribution in [3.05, 3.63) is 0 Å². The molecule has 0 amide bonds. The highest BCUT2D eigenvalue weighted by Gasteiger charge is 2.63. The van der Waals surface area contributed by atoms with Crippen LogP contribution in [0.5, 0.6) is 0 Å². The van der Waals surface area contributed by atoms with Gasteiger partial charge in [0.05, 0.1) is 0 Å². The summed E-state index contributed by atoms with van der Waals surface area (Å²) >= 11 is 0. The lowest BCUT2D eigenvalue weighted by atomic mass is 9.68. The Morgan fingerprint density at radius 2 is 2.00 bits per heavy atom. The van der Waals surface area contributed by atoms with Crippen molar-refractivity contribution in [2.45, 2.75) is 46.0 Å². The van der Waals surface area contributed by atoms with Crippen molar-refractivity contribution >= 4 is 5.78 Å². The van der Waals surface area contributed by atoms with Gasteiger partial charge in [0.25, 0.3) is 0 Å². The molecule has 3 rings (SSSR count). The van der Waals surface area contributed by atoms with E-state index < -0.39 is 0 Å². The minimum atomic E-state index is 0.000255. The Kier molecular flexibility index (Phi) is 2.23. The Morgan fingerprint density at radius 3 is 2.50 bits per heavy atom. The molecule has 2 heteroatoms. The second kappa shape index (κ2) is 3.32. The number of likely N-dealkylation sites (tertiary alicyclic amines) is 1. The molecule has 0 aromatic heterocycles. The number of fused-ring (bicyclic) bond motifs is 2. The molecule has 90 valence electrons. The first-order valence-corrected chi connectivity index (χ1v) is 6.82. The molecule has 2 aliphatic carbocycles. The van der Waals surface area contributed by atoms with Crippen LogP contribution < -0.4 is 0 Å². The van der Waals surface area contributed by atoms with Crippen molar-refractivity contribution in [1.29, 1.82) is 0 Å². The molecule has 3 fully saturated rings. The van der Waals surface area contributed by atoms with Crippen LogP contribution in [0.3, 0.4) is 0 Å². The van der Waals surface area contributed by atoms with Gasteiger partial charge in [-0.3, -0.25) is 4.79 Å². The van der Waals surface area contributed by atoms with Crippen LogP contribution in [0.25, 0.3) is 0 Å².